The van der Waals surface area contributed by atoms with Crippen molar-refractivity contribution in [2.45, 2.75) is 38.3 Å². The van der Waals surface area contributed by atoms with Crippen LogP contribution < -0.4 is 0 Å². The molecular weight excluding hydrogens is 315 g/mol. The molecule has 3 nitrogen and oxygen atoms in total. The number of hydrogen-bond donors (Lipinski definition) is 0. The summed E-state index contributed by atoms with van der Waals surface area (Å²) in [5, 5.41) is 0. The van der Waals surface area contributed by atoms with Crippen LogP contribution in [0.3, 0.4) is 0 Å². The fourth-order valence-corrected chi connectivity index (χ4v) is 4.16. The van der Waals surface area contributed by atoms with Crippen molar-refractivity contribution in [3.05, 3.63) is 65.7 Å². The highest BCUT2D eigenvalue weighted by atomic mass is 19.1. The monoisotopic (exact) mass is 340 g/mol. The third kappa shape index (κ3) is 4.07. The number of rotatable bonds is 4. The Bertz CT molecular complexity index is 681. The van der Waals surface area contributed by atoms with Gasteiger partial charge in [-0.1, -0.05) is 18.2 Å². The second-order valence-electron chi connectivity index (χ2n) is 7.56. The Morgan fingerprint density at radius 1 is 1.12 bits per heavy atom. The quantitative estimate of drug-likeness (QED) is 0.846. The van der Waals surface area contributed by atoms with E-state index in [0.29, 0.717) is 5.41 Å². The SMILES string of the molecule is Fc1ccc(C[C@@H]2CC3(CCN(Cc4ccccn4)CC3)CO2)cc1. The first-order valence-corrected chi connectivity index (χ1v) is 9.19. The lowest BCUT2D eigenvalue weighted by Crippen LogP contribution is -2.40. The van der Waals surface area contributed by atoms with Crippen LogP contribution in [-0.2, 0) is 17.7 Å². The number of ether oxygens (including phenoxy) is 1. The molecule has 1 atom stereocenters. The molecular formula is C21H25FN2O. The molecule has 2 aromatic rings. The summed E-state index contributed by atoms with van der Waals surface area (Å²) < 4.78 is 19.1. The topological polar surface area (TPSA) is 25.4 Å². The summed E-state index contributed by atoms with van der Waals surface area (Å²) in [6, 6.07) is 12.9. The standard InChI is InChI=1S/C21H25FN2O/c22-18-6-4-17(5-7-18)13-20-14-21(16-25-20)8-11-24(12-9-21)15-19-3-1-2-10-23-19/h1-7,10,20H,8-9,11-16H2/t20-/m1/s1. The van der Waals surface area contributed by atoms with E-state index in [-0.39, 0.29) is 11.9 Å². The maximum Gasteiger partial charge on any atom is 0.123 e. The van der Waals surface area contributed by atoms with Crippen LogP contribution in [0.15, 0.2) is 48.7 Å². The average Bonchev–Trinajstić information content (AvgIpc) is 3.03. The first-order chi connectivity index (χ1) is 12.2. The van der Waals surface area contributed by atoms with Crippen molar-refractivity contribution in [2.75, 3.05) is 19.7 Å². The molecule has 25 heavy (non-hydrogen) atoms. The second kappa shape index (κ2) is 7.22. The van der Waals surface area contributed by atoms with Gasteiger partial charge in [-0.15, -0.1) is 0 Å². The van der Waals surface area contributed by atoms with Gasteiger partial charge in [0.15, 0.2) is 0 Å². The van der Waals surface area contributed by atoms with Crippen molar-refractivity contribution in [1.29, 1.82) is 0 Å². The largest absolute Gasteiger partial charge is 0.377 e. The highest BCUT2D eigenvalue weighted by Crippen LogP contribution is 2.42. The van der Waals surface area contributed by atoms with Gasteiger partial charge < -0.3 is 4.74 Å². The van der Waals surface area contributed by atoms with Gasteiger partial charge in [0.05, 0.1) is 18.4 Å². The molecule has 3 heterocycles. The lowest BCUT2D eigenvalue weighted by molar-refractivity contribution is 0.0628. The van der Waals surface area contributed by atoms with Gasteiger partial charge in [-0.05, 0) is 74.0 Å². The average molecular weight is 340 g/mol. The summed E-state index contributed by atoms with van der Waals surface area (Å²) in [4.78, 5) is 6.93. The van der Waals surface area contributed by atoms with Gasteiger partial charge >= 0.3 is 0 Å². The van der Waals surface area contributed by atoms with E-state index in [9.17, 15) is 4.39 Å². The molecule has 1 spiro atoms. The molecule has 0 radical (unpaired) electrons. The maximum absolute atomic E-state index is 13.0. The number of aromatic nitrogens is 1. The molecule has 2 saturated heterocycles. The molecule has 0 saturated carbocycles. The zero-order chi connectivity index (χ0) is 17.1. The van der Waals surface area contributed by atoms with Crippen LogP contribution in [0.5, 0.6) is 0 Å². The van der Waals surface area contributed by atoms with Crippen molar-refractivity contribution >= 4 is 0 Å². The Balaban J connectivity index is 1.29. The molecule has 4 rings (SSSR count). The third-order valence-corrected chi connectivity index (χ3v) is 5.69. The van der Waals surface area contributed by atoms with E-state index in [1.807, 2.05) is 24.4 Å². The second-order valence-corrected chi connectivity index (χ2v) is 7.56. The first kappa shape index (κ1) is 16.7. The minimum Gasteiger partial charge on any atom is -0.377 e. The molecule has 2 fully saturated rings. The normalized spacial score (nSPS) is 23.2. The molecule has 0 bridgehead atoms. The van der Waals surface area contributed by atoms with Crippen LogP contribution in [0.1, 0.15) is 30.5 Å². The predicted octanol–water partition coefficient (Wildman–Crippen LogP) is 3.83. The van der Waals surface area contributed by atoms with Crippen LogP contribution >= 0.6 is 0 Å². The fraction of sp³-hybridized carbons (Fsp3) is 0.476. The van der Waals surface area contributed by atoms with Crippen LogP contribution in [-0.4, -0.2) is 35.7 Å². The molecule has 0 unspecified atom stereocenters. The third-order valence-electron chi connectivity index (χ3n) is 5.69. The summed E-state index contributed by atoms with van der Waals surface area (Å²) >= 11 is 0. The number of benzene rings is 1. The van der Waals surface area contributed by atoms with Crippen LogP contribution in [0.2, 0.25) is 0 Å². The Morgan fingerprint density at radius 3 is 2.64 bits per heavy atom. The van der Waals surface area contributed by atoms with Crippen LogP contribution in [0.25, 0.3) is 0 Å². The number of likely N-dealkylation sites (tertiary alicyclic amines) is 1. The first-order valence-electron chi connectivity index (χ1n) is 9.19. The Kier molecular flexibility index (Phi) is 4.82. The fourth-order valence-electron chi connectivity index (χ4n) is 4.16. The van der Waals surface area contributed by atoms with E-state index in [4.69, 9.17) is 4.74 Å². The van der Waals surface area contributed by atoms with Gasteiger partial charge in [0.2, 0.25) is 0 Å². The van der Waals surface area contributed by atoms with Crippen molar-refractivity contribution in [2.24, 2.45) is 5.41 Å². The molecule has 2 aliphatic rings. The van der Waals surface area contributed by atoms with Crippen LogP contribution in [0, 0.1) is 11.2 Å². The highest BCUT2D eigenvalue weighted by molar-refractivity contribution is 5.17. The lowest BCUT2D eigenvalue weighted by atomic mass is 9.76. The zero-order valence-electron chi connectivity index (χ0n) is 14.5. The van der Waals surface area contributed by atoms with Gasteiger partial charge in [0, 0.05) is 12.7 Å². The molecule has 2 aliphatic heterocycles. The lowest BCUT2D eigenvalue weighted by Gasteiger charge is -2.38. The molecule has 0 N–H and O–H groups in total. The van der Waals surface area contributed by atoms with Gasteiger partial charge in [-0.25, -0.2) is 4.39 Å². The van der Waals surface area contributed by atoms with Gasteiger partial charge in [0.25, 0.3) is 0 Å². The van der Waals surface area contributed by atoms with Crippen molar-refractivity contribution in [1.82, 2.24) is 9.88 Å². The Hall–Kier alpha value is -1.78. The number of nitrogens with zero attached hydrogens (tertiary/aromatic N) is 2. The Labute approximate surface area is 148 Å². The highest BCUT2D eigenvalue weighted by Gasteiger charge is 2.42. The number of halogens is 1. The number of hydrogen-bond acceptors (Lipinski definition) is 3. The summed E-state index contributed by atoms with van der Waals surface area (Å²) in [6.45, 7) is 4.04. The number of piperidine rings is 1. The van der Waals surface area contributed by atoms with Gasteiger partial charge in [0.1, 0.15) is 5.82 Å². The maximum atomic E-state index is 13.0. The Morgan fingerprint density at radius 2 is 1.92 bits per heavy atom. The smallest absolute Gasteiger partial charge is 0.123 e. The number of pyridine rings is 1. The molecule has 4 heteroatoms. The van der Waals surface area contributed by atoms with E-state index < -0.39 is 0 Å². The van der Waals surface area contributed by atoms with Crippen molar-refractivity contribution in [3.8, 4) is 0 Å². The molecule has 1 aromatic heterocycles. The summed E-state index contributed by atoms with van der Waals surface area (Å²) in [6.07, 6.45) is 6.54. The van der Waals surface area contributed by atoms with E-state index in [2.05, 4.69) is 22.0 Å². The predicted molar refractivity (Wildman–Crippen MR) is 95.6 cm³/mol. The van der Waals surface area contributed by atoms with Crippen molar-refractivity contribution < 1.29 is 9.13 Å². The van der Waals surface area contributed by atoms with E-state index in [0.717, 1.165) is 50.3 Å². The minimum atomic E-state index is -0.173. The summed E-state index contributed by atoms with van der Waals surface area (Å²) in [5.74, 6) is -0.173. The zero-order valence-corrected chi connectivity index (χ0v) is 14.5. The van der Waals surface area contributed by atoms with Gasteiger partial charge in [-0.2, -0.15) is 0 Å². The van der Waals surface area contributed by atoms with Gasteiger partial charge in [-0.3, -0.25) is 9.88 Å². The van der Waals surface area contributed by atoms with Crippen LogP contribution in [0.4, 0.5) is 4.39 Å². The minimum absolute atomic E-state index is 0.173. The molecule has 0 aliphatic carbocycles. The summed E-state index contributed by atoms with van der Waals surface area (Å²) in [7, 11) is 0. The molecule has 1 aromatic carbocycles. The molecule has 132 valence electrons. The summed E-state index contributed by atoms with van der Waals surface area (Å²) in [5.41, 5.74) is 2.65. The van der Waals surface area contributed by atoms with E-state index >= 15 is 0 Å². The van der Waals surface area contributed by atoms with Crippen molar-refractivity contribution in [3.63, 3.8) is 0 Å². The van der Waals surface area contributed by atoms with E-state index in [1.165, 1.54) is 25.0 Å². The molecule has 0 amide bonds. The van der Waals surface area contributed by atoms with E-state index in [1.54, 1.807) is 0 Å².